The number of hydrogen-bond donors (Lipinski definition) is 1. The fourth-order valence-corrected chi connectivity index (χ4v) is 4.61. The number of methoxy groups -OCH3 is 1. The zero-order chi connectivity index (χ0) is 17.9. The third-order valence-electron chi connectivity index (χ3n) is 4.28. The molecule has 1 aromatic rings. The van der Waals surface area contributed by atoms with E-state index in [1.54, 1.807) is 24.9 Å². The van der Waals surface area contributed by atoms with Crippen molar-refractivity contribution in [3.63, 3.8) is 0 Å². The van der Waals surface area contributed by atoms with E-state index >= 15 is 0 Å². The molecule has 2 rings (SSSR count). The van der Waals surface area contributed by atoms with Gasteiger partial charge in [0.25, 0.3) is 0 Å². The van der Waals surface area contributed by atoms with Gasteiger partial charge in [-0.3, -0.25) is 9.69 Å². The Balaban J connectivity index is 1.91. The van der Waals surface area contributed by atoms with Gasteiger partial charge in [-0.05, 0) is 38.1 Å². The summed E-state index contributed by atoms with van der Waals surface area (Å²) in [6, 6.07) is 4.05. The Bertz CT molecular complexity index is 708. The second-order valence-electron chi connectivity index (χ2n) is 6.16. The summed E-state index contributed by atoms with van der Waals surface area (Å²) in [4.78, 5) is 13.9. The first kappa shape index (κ1) is 18.7. The molecule has 1 aliphatic heterocycles. The van der Waals surface area contributed by atoms with Crippen LogP contribution in [-0.2, 0) is 14.6 Å². The highest BCUT2D eigenvalue weighted by Gasteiger charge is 2.31. The average Bonchev–Trinajstić information content (AvgIpc) is 2.87. The highest BCUT2D eigenvalue weighted by atomic mass is 32.2. The van der Waals surface area contributed by atoms with Crippen molar-refractivity contribution in [2.45, 2.75) is 25.4 Å². The van der Waals surface area contributed by atoms with Crippen LogP contribution < -0.4 is 10.1 Å². The number of amides is 1. The molecule has 1 fully saturated rings. The highest BCUT2D eigenvalue weighted by Crippen LogP contribution is 2.22. The number of halogens is 1. The highest BCUT2D eigenvalue weighted by molar-refractivity contribution is 7.91. The Morgan fingerprint density at radius 1 is 1.50 bits per heavy atom. The fourth-order valence-electron chi connectivity index (χ4n) is 2.80. The van der Waals surface area contributed by atoms with E-state index in [2.05, 4.69) is 5.32 Å². The van der Waals surface area contributed by atoms with Crippen LogP contribution in [0.4, 0.5) is 4.39 Å². The Hall–Kier alpha value is -1.67. The average molecular weight is 358 g/mol. The molecule has 0 bridgehead atoms. The molecule has 2 atom stereocenters. The van der Waals surface area contributed by atoms with Crippen LogP contribution >= 0.6 is 0 Å². The number of sulfone groups is 1. The van der Waals surface area contributed by atoms with Crippen LogP contribution in [0.25, 0.3) is 0 Å². The number of benzene rings is 1. The molecule has 0 saturated carbocycles. The summed E-state index contributed by atoms with van der Waals surface area (Å²) in [5, 5.41) is 2.80. The maximum absolute atomic E-state index is 13.7. The van der Waals surface area contributed by atoms with Gasteiger partial charge < -0.3 is 10.1 Å². The van der Waals surface area contributed by atoms with Crippen molar-refractivity contribution >= 4 is 15.7 Å². The summed E-state index contributed by atoms with van der Waals surface area (Å²) < 4.78 is 41.6. The molecule has 24 heavy (non-hydrogen) atoms. The standard InChI is InChI=1S/C16H23FN2O4S/c1-11(12-4-5-15(23-3)14(17)8-12)18-16(20)9-19(2)13-6-7-24(21,22)10-13/h4-5,8,11,13H,6-7,9-10H2,1-3H3,(H,18,20). The number of carbonyl (C=O) groups is 1. The van der Waals surface area contributed by atoms with Crippen molar-refractivity contribution in [1.29, 1.82) is 0 Å². The maximum Gasteiger partial charge on any atom is 0.234 e. The largest absolute Gasteiger partial charge is 0.494 e. The number of hydrogen-bond acceptors (Lipinski definition) is 5. The lowest BCUT2D eigenvalue weighted by Crippen LogP contribution is -2.41. The zero-order valence-electron chi connectivity index (χ0n) is 14.1. The maximum atomic E-state index is 13.7. The predicted octanol–water partition coefficient (Wildman–Crippen LogP) is 1.13. The van der Waals surface area contributed by atoms with Crippen molar-refractivity contribution in [1.82, 2.24) is 10.2 Å². The van der Waals surface area contributed by atoms with Gasteiger partial charge in [-0.25, -0.2) is 12.8 Å². The Kier molecular flexibility index (Phi) is 5.82. The molecular formula is C16H23FN2O4S. The van der Waals surface area contributed by atoms with Crippen molar-refractivity contribution < 1.29 is 22.3 Å². The molecule has 1 amide bonds. The predicted molar refractivity (Wildman–Crippen MR) is 89.2 cm³/mol. The van der Waals surface area contributed by atoms with Crippen molar-refractivity contribution in [3.8, 4) is 5.75 Å². The molecule has 0 spiro atoms. The molecule has 1 saturated heterocycles. The van der Waals surface area contributed by atoms with Crippen LogP contribution in [0.3, 0.4) is 0 Å². The van der Waals surface area contributed by atoms with Gasteiger partial charge in [0, 0.05) is 6.04 Å². The molecule has 134 valence electrons. The third-order valence-corrected chi connectivity index (χ3v) is 6.03. The minimum Gasteiger partial charge on any atom is -0.494 e. The van der Waals surface area contributed by atoms with Gasteiger partial charge in [-0.1, -0.05) is 6.07 Å². The number of ether oxygens (including phenoxy) is 1. The van der Waals surface area contributed by atoms with Gasteiger partial charge in [0.2, 0.25) is 5.91 Å². The van der Waals surface area contributed by atoms with Gasteiger partial charge in [0.1, 0.15) is 0 Å². The fraction of sp³-hybridized carbons (Fsp3) is 0.562. The van der Waals surface area contributed by atoms with E-state index in [4.69, 9.17) is 4.74 Å². The summed E-state index contributed by atoms with van der Waals surface area (Å²) in [6.45, 7) is 1.86. The SMILES string of the molecule is COc1ccc(C(C)NC(=O)CN(C)C2CCS(=O)(=O)C2)cc1F. The topological polar surface area (TPSA) is 75.7 Å². The number of nitrogens with one attached hydrogen (secondary N) is 1. The molecule has 0 aromatic heterocycles. The first-order valence-electron chi connectivity index (χ1n) is 7.75. The molecule has 1 aromatic carbocycles. The van der Waals surface area contributed by atoms with E-state index in [0.29, 0.717) is 12.0 Å². The Morgan fingerprint density at radius 3 is 2.75 bits per heavy atom. The molecule has 0 radical (unpaired) electrons. The number of carbonyl (C=O) groups excluding carboxylic acids is 1. The lowest BCUT2D eigenvalue weighted by atomic mass is 10.1. The number of likely N-dealkylation sites (N-methyl/N-ethyl adjacent to an activating group) is 1. The van der Waals surface area contributed by atoms with E-state index in [0.717, 1.165) is 0 Å². The summed E-state index contributed by atoms with van der Waals surface area (Å²) in [5.41, 5.74) is 0.632. The lowest BCUT2D eigenvalue weighted by molar-refractivity contribution is -0.123. The molecular weight excluding hydrogens is 335 g/mol. The van der Waals surface area contributed by atoms with Crippen LogP contribution in [0.2, 0.25) is 0 Å². The van der Waals surface area contributed by atoms with Gasteiger partial charge >= 0.3 is 0 Å². The first-order valence-corrected chi connectivity index (χ1v) is 9.57. The molecule has 6 nitrogen and oxygen atoms in total. The normalized spacial score (nSPS) is 20.8. The second-order valence-corrected chi connectivity index (χ2v) is 8.38. The minimum absolute atomic E-state index is 0.0933. The zero-order valence-corrected chi connectivity index (χ0v) is 14.9. The summed E-state index contributed by atoms with van der Waals surface area (Å²) in [5.74, 6) is -0.296. The number of nitrogens with zero attached hydrogens (tertiary/aromatic N) is 1. The lowest BCUT2D eigenvalue weighted by Gasteiger charge is -2.23. The Labute approximate surface area is 141 Å². The molecule has 1 aliphatic rings. The van der Waals surface area contributed by atoms with Gasteiger partial charge in [0.15, 0.2) is 21.4 Å². The summed E-state index contributed by atoms with van der Waals surface area (Å²) >= 11 is 0. The van der Waals surface area contributed by atoms with Crippen LogP contribution in [0, 0.1) is 5.82 Å². The van der Waals surface area contributed by atoms with Crippen molar-refractivity contribution in [2.75, 3.05) is 32.2 Å². The summed E-state index contributed by atoms with van der Waals surface area (Å²) in [7, 11) is 0.149. The monoisotopic (exact) mass is 358 g/mol. The summed E-state index contributed by atoms with van der Waals surface area (Å²) in [6.07, 6.45) is 0.547. The van der Waals surface area contributed by atoms with Crippen molar-refractivity contribution in [3.05, 3.63) is 29.6 Å². The van der Waals surface area contributed by atoms with Crippen LogP contribution in [0.5, 0.6) is 5.75 Å². The smallest absolute Gasteiger partial charge is 0.234 e. The molecule has 0 aliphatic carbocycles. The van der Waals surface area contributed by atoms with E-state index in [9.17, 15) is 17.6 Å². The van der Waals surface area contributed by atoms with Crippen LogP contribution in [0.1, 0.15) is 24.9 Å². The van der Waals surface area contributed by atoms with E-state index < -0.39 is 15.7 Å². The Morgan fingerprint density at radius 2 is 2.21 bits per heavy atom. The third kappa shape index (κ3) is 4.67. The van der Waals surface area contributed by atoms with E-state index in [1.807, 2.05) is 0 Å². The van der Waals surface area contributed by atoms with Crippen molar-refractivity contribution in [2.24, 2.45) is 0 Å². The molecule has 1 N–H and O–H groups in total. The molecule has 1 heterocycles. The van der Waals surface area contributed by atoms with E-state index in [-0.39, 0.29) is 41.8 Å². The van der Waals surface area contributed by atoms with Crippen LogP contribution in [0.15, 0.2) is 18.2 Å². The second kappa shape index (κ2) is 7.48. The quantitative estimate of drug-likeness (QED) is 0.825. The first-order chi connectivity index (χ1) is 11.2. The van der Waals surface area contributed by atoms with Crippen LogP contribution in [-0.4, -0.2) is 57.5 Å². The van der Waals surface area contributed by atoms with Gasteiger partial charge in [-0.15, -0.1) is 0 Å². The number of rotatable bonds is 6. The minimum atomic E-state index is -2.98. The van der Waals surface area contributed by atoms with Gasteiger partial charge in [0.05, 0.1) is 31.2 Å². The van der Waals surface area contributed by atoms with Gasteiger partial charge in [-0.2, -0.15) is 0 Å². The van der Waals surface area contributed by atoms with E-state index in [1.165, 1.54) is 19.2 Å². The molecule has 2 unspecified atom stereocenters. The molecule has 8 heteroatoms.